The van der Waals surface area contributed by atoms with Crippen LogP contribution < -0.4 is 10.6 Å². The van der Waals surface area contributed by atoms with E-state index in [1.54, 1.807) is 4.68 Å². The second-order valence-electron chi connectivity index (χ2n) is 5.97. The number of primary amides is 1. The molecule has 0 aromatic carbocycles. The lowest BCUT2D eigenvalue weighted by Crippen LogP contribution is -2.41. The molecule has 2 N–H and O–H groups in total. The van der Waals surface area contributed by atoms with Crippen LogP contribution >= 0.6 is 11.6 Å². The molecule has 1 aliphatic heterocycles. The van der Waals surface area contributed by atoms with Gasteiger partial charge in [0.15, 0.2) is 5.65 Å². The van der Waals surface area contributed by atoms with Crippen LogP contribution in [0.1, 0.15) is 24.1 Å². The number of fused-ring (bicyclic) bond motifs is 1. The molecule has 1 atom stereocenters. The average molecular weight is 322 g/mol. The van der Waals surface area contributed by atoms with Crippen molar-refractivity contribution in [2.24, 2.45) is 18.7 Å². The minimum Gasteiger partial charge on any atom is -0.369 e. The van der Waals surface area contributed by atoms with E-state index in [1.807, 2.05) is 20.9 Å². The summed E-state index contributed by atoms with van der Waals surface area (Å²) < 4.78 is 1.75. The number of amides is 1. The van der Waals surface area contributed by atoms with Gasteiger partial charge in [-0.1, -0.05) is 11.6 Å². The molecule has 0 radical (unpaired) electrons. The molecular weight excluding hydrogens is 302 g/mol. The fourth-order valence-electron chi connectivity index (χ4n) is 3.21. The standard InChI is InChI=1S/C15H20ClN5O/c1-8-12(16)11-9(2)19-20(3)15(11)18-14(8)21-6-4-5-10(7-21)13(17)22/h10H,4-7H2,1-3H3,(H2,17,22). The number of nitrogens with two attached hydrogens (primary N) is 1. The molecule has 6 nitrogen and oxygen atoms in total. The minimum absolute atomic E-state index is 0.127. The molecule has 3 rings (SSSR count). The molecule has 0 spiro atoms. The molecule has 0 saturated carbocycles. The molecule has 1 aliphatic rings. The Hall–Kier alpha value is -1.82. The van der Waals surface area contributed by atoms with Crippen molar-refractivity contribution in [3.8, 4) is 0 Å². The van der Waals surface area contributed by atoms with E-state index in [0.29, 0.717) is 11.6 Å². The van der Waals surface area contributed by atoms with Gasteiger partial charge in [0.2, 0.25) is 5.91 Å². The molecule has 22 heavy (non-hydrogen) atoms. The molecule has 0 bridgehead atoms. The third-order valence-electron chi connectivity index (χ3n) is 4.41. The van der Waals surface area contributed by atoms with E-state index in [1.165, 1.54) is 0 Å². The van der Waals surface area contributed by atoms with Crippen molar-refractivity contribution in [3.05, 3.63) is 16.3 Å². The first-order valence-electron chi connectivity index (χ1n) is 7.43. The second-order valence-corrected chi connectivity index (χ2v) is 6.35. The molecule has 1 saturated heterocycles. The van der Waals surface area contributed by atoms with Crippen LogP contribution in [0.3, 0.4) is 0 Å². The number of hydrogen-bond donors (Lipinski definition) is 1. The lowest BCUT2D eigenvalue weighted by atomic mass is 9.97. The van der Waals surface area contributed by atoms with Crippen molar-refractivity contribution in [2.75, 3.05) is 18.0 Å². The van der Waals surface area contributed by atoms with Crippen molar-refractivity contribution < 1.29 is 4.79 Å². The topological polar surface area (TPSA) is 77.0 Å². The van der Waals surface area contributed by atoms with Crippen LogP contribution in [0.25, 0.3) is 11.0 Å². The fraction of sp³-hybridized carbons (Fsp3) is 0.533. The Morgan fingerprint density at radius 3 is 2.82 bits per heavy atom. The Bertz CT molecular complexity index is 754. The van der Waals surface area contributed by atoms with E-state index in [2.05, 4.69) is 10.00 Å². The normalized spacial score (nSPS) is 18.9. The van der Waals surface area contributed by atoms with Gasteiger partial charge in [-0.3, -0.25) is 9.48 Å². The summed E-state index contributed by atoms with van der Waals surface area (Å²) in [6.45, 7) is 5.35. The monoisotopic (exact) mass is 321 g/mol. The van der Waals surface area contributed by atoms with E-state index in [4.69, 9.17) is 22.3 Å². The number of aryl methyl sites for hydroxylation is 2. The second kappa shape index (κ2) is 5.43. The molecular formula is C15H20ClN5O. The Morgan fingerprint density at radius 1 is 1.41 bits per heavy atom. The highest BCUT2D eigenvalue weighted by atomic mass is 35.5. The van der Waals surface area contributed by atoms with Gasteiger partial charge in [-0.2, -0.15) is 5.10 Å². The van der Waals surface area contributed by atoms with E-state index in [0.717, 1.165) is 47.5 Å². The summed E-state index contributed by atoms with van der Waals surface area (Å²) in [6.07, 6.45) is 1.76. The van der Waals surface area contributed by atoms with E-state index in [-0.39, 0.29) is 11.8 Å². The fourth-order valence-corrected chi connectivity index (χ4v) is 3.52. The lowest BCUT2D eigenvalue weighted by Gasteiger charge is -2.33. The summed E-state index contributed by atoms with van der Waals surface area (Å²) in [5, 5.41) is 5.98. The first kappa shape index (κ1) is 15.1. The summed E-state index contributed by atoms with van der Waals surface area (Å²) in [6, 6.07) is 0. The Labute approximate surface area is 134 Å². The number of anilines is 1. The molecule has 118 valence electrons. The Balaban J connectivity index is 2.09. The van der Waals surface area contributed by atoms with Gasteiger partial charge in [-0.05, 0) is 26.7 Å². The van der Waals surface area contributed by atoms with Crippen LogP contribution in [-0.4, -0.2) is 33.8 Å². The highest BCUT2D eigenvalue weighted by molar-refractivity contribution is 6.36. The summed E-state index contributed by atoms with van der Waals surface area (Å²) >= 11 is 6.56. The van der Waals surface area contributed by atoms with Gasteiger partial charge in [-0.25, -0.2) is 4.98 Å². The first-order valence-corrected chi connectivity index (χ1v) is 7.81. The third kappa shape index (κ3) is 2.31. The zero-order valence-electron chi connectivity index (χ0n) is 13.1. The SMILES string of the molecule is Cc1c(N2CCCC(C(N)=O)C2)nc2c(c(C)nn2C)c1Cl. The number of rotatable bonds is 2. The average Bonchev–Trinajstić information content (AvgIpc) is 2.77. The van der Waals surface area contributed by atoms with Crippen molar-refractivity contribution in [1.29, 1.82) is 0 Å². The van der Waals surface area contributed by atoms with Gasteiger partial charge in [0, 0.05) is 25.7 Å². The zero-order chi connectivity index (χ0) is 16.0. The maximum absolute atomic E-state index is 11.5. The quantitative estimate of drug-likeness (QED) is 0.917. The highest BCUT2D eigenvalue weighted by Gasteiger charge is 2.27. The largest absolute Gasteiger partial charge is 0.369 e. The van der Waals surface area contributed by atoms with Crippen molar-refractivity contribution in [3.63, 3.8) is 0 Å². The first-order chi connectivity index (χ1) is 10.4. The summed E-state index contributed by atoms with van der Waals surface area (Å²) in [5.74, 6) is 0.454. The van der Waals surface area contributed by atoms with E-state index < -0.39 is 0 Å². The van der Waals surface area contributed by atoms with E-state index in [9.17, 15) is 4.79 Å². The maximum atomic E-state index is 11.5. The molecule has 7 heteroatoms. The number of aromatic nitrogens is 3. The molecule has 0 aliphatic carbocycles. The zero-order valence-corrected chi connectivity index (χ0v) is 13.8. The highest BCUT2D eigenvalue weighted by Crippen LogP contribution is 2.35. The van der Waals surface area contributed by atoms with Gasteiger partial charge in [-0.15, -0.1) is 0 Å². The molecule has 2 aromatic rings. The van der Waals surface area contributed by atoms with Crippen LogP contribution in [0.4, 0.5) is 5.82 Å². The number of carbonyl (C=O) groups is 1. The molecule has 1 fully saturated rings. The Kier molecular flexibility index (Phi) is 3.72. The van der Waals surface area contributed by atoms with Gasteiger partial charge < -0.3 is 10.6 Å². The number of pyridine rings is 1. The van der Waals surface area contributed by atoms with Crippen LogP contribution in [0.2, 0.25) is 5.02 Å². The number of halogens is 1. The lowest BCUT2D eigenvalue weighted by molar-refractivity contribution is -0.122. The number of hydrogen-bond acceptors (Lipinski definition) is 4. The number of carbonyl (C=O) groups excluding carboxylic acids is 1. The maximum Gasteiger partial charge on any atom is 0.222 e. The van der Waals surface area contributed by atoms with E-state index >= 15 is 0 Å². The van der Waals surface area contributed by atoms with Crippen LogP contribution in [-0.2, 0) is 11.8 Å². The molecule has 2 aromatic heterocycles. The third-order valence-corrected chi connectivity index (χ3v) is 4.88. The molecule has 1 unspecified atom stereocenters. The molecule has 1 amide bonds. The van der Waals surface area contributed by atoms with Crippen LogP contribution in [0.5, 0.6) is 0 Å². The predicted octanol–water partition coefficient (Wildman–Crippen LogP) is 1.94. The van der Waals surface area contributed by atoms with Gasteiger partial charge >= 0.3 is 0 Å². The Morgan fingerprint density at radius 2 is 2.14 bits per heavy atom. The summed E-state index contributed by atoms with van der Waals surface area (Å²) in [5.41, 5.74) is 8.03. The minimum atomic E-state index is -0.245. The summed E-state index contributed by atoms with van der Waals surface area (Å²) in [4.78, 5) is 18.4. The summed E-state index contributed by atoms with van der Waals surface area (Å²) in [7, 11) is 1.86. The predicted molar refractivity (Wildman–Crippen MR) is 87.1 cm³/mol. The van der Waals surface area contributed by atoms with Gasteiger partial charge in [0.25, 0.3) is 0 Å². The molecule has 3 heterocycles. The van der Waals surface area contributed by atoms with Crippen molar-refractivity contribution >= 4 is 34.4 Å². The van der Waals surface area contributed by atoms with Gasteiger partial charge in [0.05, 0.1) is 22.0 Å². The number of piperidine rings is 1. The van der Waals surface area contributed by atoms with Crippen LogP contribution in [0, 0.1) is 19.8 Å². The van der Waals surface area contributed by atoms with Crippen molar-refractivity contribution in [2.45, 2.75) is 26.7 Å². The van der Waals surface area contributed by atoms with Gasteiger partial charge in [0.1, 0.15) is 5.82 Å². The number of nitrogens with zero attached hydrogens (tertiary/aromatic N) is 4. The van der Waals surface area contributed by atoms with Crippen LogP contribution in [0.15, 0.2) is 0 Å². The van der Waals surface area contributed by atoms with Crippen molar-refractivity contribution in [1.82, 2.24) is 14.8 Å². The smallest absolute Gasteiger partial charge is 0.222 e.